The molecular weight excluding hydrogens is 170 g/mol. The quantitative estimate of drug-likeness (QED) is 0.749. The maximum absolute atomic E-state index is 4.18. The summed E-state index contributed by atoms with van der Waals surface area (Å²) < 4.78 is 0. The molecule has 0 aliphatic heterocycles. The van der Waals surface area contributed by atoms with E-state index in [1.165, 1.54) is 4.88 Å². The number of rotatable bonds is 4. The second-order valence-electron chi connectivity index (χ2n) is 2.92. The monoisotopic (exact) mass is 185 g/mol. The van der Waals surface area contributed by atoms with Gasteiger partial charge in [0.05, 0.1) is 0 Å². The molecule has 2 N–H and O–H groups in total. The summed E-state index contributed by atoms with van der Waals surface area (Å²) in [6, 6.07) is 0.533. The van der Waals surface area contributed by atoms with E-state index < -0.39 is 0 Å². The molecule has 0 spiro atoms. The summed E-state index contributed by atoms with van der Waals surface area (Å²) in [5.41, 5.74) is 0. The predicted molar refractivity (Wildman–Crippen MR) is 53.6 cm³/mol. The highest BCUT2D eigenvalue weighted by molar-refractivity contribution is 7.15. The molecule has 0 aliphatic rings. The van der Waals surface area contributed by atoms with Crippen LogP contribution in [0.2, 0.25) is 0 Å². The van der Waals surface area contributed by atoms with Crippen LogP contribution in [0.25, 0.3) is 0 Å². The smallest absolute Gasteiger partial charge is 0.182 e. The van der Waals surface area contributed by atoms with E-state index in [-0.39, 0.29) is 0 Å². The zero-order valence-electron chi connectivity index (χ0n) is 7.72. The molecule has 68 valence electrons. The average molecular weight is 185 g/mol. The summed E-state index contributed by atoms with van der Waals surface area (Å²) in [6.45, 7) is 5.19. The van der Waals surface area contributed by atoms with E-state index >= 15 is 0 Å². The summed E-state index contributed by atoms with van der Waals surface area (Å²) >= 11 is 1.69. The lowest BCUT2D eigenvalue weighted by atomic mass is 10.4. The molecule has 3 nitrogen and oxygen atoms in total. The van der Waals surface area contributed by atoms with Crippen LogP contribution in [0, 0.1) is 0 Å². The Hall–Kier alpha value is -0.610. The summed E-state index contributed by atoms with van der Waals surface area (Å²) in [5, 5.41) is 7.34. The predicted octanol–water partition coefficient (Wildman–Crippen LogP) is 1.68. The van der Waals surface area contributed by atoms with Gasteiger partial charge >= 0.3 is 0 Å². The Kier molecular flexibility index (Phi) is 3.49. The van der Waals surface area contributed by atoms with Gasteiger partial charge in [-0.2, -0.15) is 0 Å². The average Bonchev–Trinajstić information content (AvgIpc) is 2.48. The highest BCUT2D eigenvalue weighted by Crippen LogP contribution is 2.16. The molecule has 0 saturated heterocycles. The number of nitrogens with zero attached hydrogens (tertiary/aromatic N) is 1. The lowest BCUT2D eigenvalue weighted by molar-refractivity contribution is 0.593. The molecule has 0 unspecified atom stereocenters. The third kappa shape index (κ3) is 2.79. The van der Waals surface area contributed by atoms with Gasteiger partial charge in [-0.1, -0.05) is 13.8 Å². The fourth-order valence-electron chi connectivity index (χ4n) is 0.810. The van der Waals surface area contributed by atoms with Crippen LogP contribution in [-0.4, -0.2) is 18.1 Å². The molecule has 0 amide bonds. The Morgan fingerprint density at radius 3 is 2.83 bits per heavy atom. The van der Waals surface area contributed by atoms with Crippen molar-refractivity contribution in [2.24, 2.45) is 0 Å². The summed E-state index contributed by atoms with van der Waals surface area (Å²) in [4.78, 5) is 5.45. The maximum Gasteiger partial charge on any atom is 0.182 e. The standard InChI is InChI=1S/C8H15N3S/c1-6(2)10-4-7-5-11-8(9-3)12-7/h5-6,10H,4H2,1-3H3,(H,9,11). The minimum Gasteiger partial charge on any atom is -0.365 e. The molecule has 1 aromatic rings. The number of hydrogen-bond donors (Lipinski definition) is 2. The molecule has 1 rings (SSSR count). The van der Waals surface area contributed by atoms with Gasteiger partial charge in [-0.25, -0.2) is 4.98 Å². The Labute approximate surface area is 77.2 Å². The Bertz CT molecular complexity index is 232. The van der Waals surface area contributed by atoms with E-state index in [2.05, 4.69) is 29.5 Å². The van der Waals surface area contributed by atoms with E-state index in [9.17, 15) is 0 Å². The van der Waals surface area contributed by atoms with Gasteiger partial charge in [0, 0.05) is 30.7 Å². The Morgan fingerprint density at radius 2 is 2.33 bits per heavy atom. The van der Waals surface area contributed by atoms with Gasteiger partial charge in [-0.05, 0) is 0 Å². The van der Waals surface area contributed by atoms with Gasteiger partial charge in [0.1, 0.15) is 0 Å². The normalized spacial score (nSPS) is 10.7. The first kappa shape index (κ1) is 9.48. The van der Waals surface area contributed by atoms with Crippen LogP contribution in [0.3, 0.4) is 0 Å². The van der Waals surface area contributed by atoms with Crippen LogP contribution in [0.15, 0.2) is 6.20 Å². The second-order valence-corrected chi connectivity index (χ2v) is 4.03. The molecule has 1 aromatic heterocycles. The molecule has 0 fully saturated rings. The third-order valence-corrected chi connectivity index (χ3v) is 2.47. The van der Waals surface area contributed by atoms with Crippen LogP contribution in [0.4, 0.5) is 5.13 Å². The Morgan fingerprint density at radius 1 is 1.58 bits per heavy atom. The largest absolute Gasteiger partial charge is 0.365 e. The number of hydrogen-bond acceptors (Lipinski definition) is 4. The van der Waals surface area contributed by atoms with Crippen LogP contribution in [-0.2, 0) is 6.54 Å². The molecule has 0 aromatic carbocycles. The summed E-state index contributed by atoms with van der Waals surface area (Å²) in [7, 11) is 1.89. The van der Waals surface area contributed by atoms with Crippen molar-refractivity contribution in [1.29, 1.82) is 0 Å². The summed E-state index contributed by atoms with van der Waals surface area (Å²) in [6.07, 6.45) is 1.91. The number of thiazole rings is 1. The van der Waals surface area contributed by atoms with Crippen molar-refractivity contribution in [1.82, 2.24) is 10.3 Å². The first-order chi connectivity index (χ1) is 5.72. The van der Waals surface area contributed by atoms with Gasteiger partial charge in [0.2, 0.25) is 0 Å². The van der Waals surface area contributed by atoms with Crippen molar-refractivity contribution < 1.29 is 0 Å². The van der Waals surface area contributed by atoms with Gasteiger partial charge in [-0.15, -0.1) is 11.3 Å². The lowest BCUT2D eigenvalue weighted by Crippen LogP contribution is -2.21. The molecule has 0 atom stereocenters. The van der Waals surface area contributed by atoms with Crippen molar-refractivity contribution in [2.75, 3.05) is 12.4 Å². The zero-order chi connectivity index (χ0) is 8.97. The minimum absolute atomic E-state index is 0.533. The molecule has 0 bridgehead atoms. The molecule has 12 heavy (non-hydrogen) atoms. The van der Waals surface area contributed by atoms with Crippen molar-refractivity contribution in [2.45, 2.75) is 26.4 Å². The maximum atomic E-state index is 4.18. The number of aromatic nitrogens is 1. The lowest BCUT2D eigenvalue weighted by Gasteiger charge is -2.04. The van der Waals surface area contributed by atoms with Crippen molar-refractivity contribution in [3.63, 3.8) is 0 Å². The third-order valence-electron chi connectivity index (χ3n) is 1.45. The van der Waals surface area contributed by atoms with E-state index in [1.54, 1.807) is 11.3 Å². The van der Waals surface area contributed by atoms with Crippen LogP contribution in [0.5, 0.6) is 0 Å². The molecule has 0 saturated carbocycles. The highest BCUT2D eigenvalue weighted by atomic mass is 32.1. The molecule has 0 aliphatic carbocycles. The van der Waals surface area contributed by atoms with Crippen molar-refractivity contribution in [3.05, 3.63) is 11.1 Å². The fraction of sp³-hybridized carbons (Fsp3) is 0.625. The van der Waals surface area contributed by atoms with E-state index in [0.717, 1.165) is 11.7 Å². The van der Waals surface area contributed by atoms with Gasteiger partial charge in [0.15, 0.2) is 5.13 Å². The second kappa shape index (κ2) is 4.42. The van der Waals surface area contributed by atoms with Gasteiger partial charge in [-0.3, -0.25) is 0 Å². The Balaban J connectivity index is 2.41. The first-order valence-corrected chi connectivity index (χ1v) is 4.90. The van der Waals surface area contributed by atoms with Gasteiger partial charge < -0.3 is 10.6 Å². The highest BCUT2D eigenvalue weighted by Gasteiger charge is 1.99. The van der Waals surface area contributed by atoms with E-state index in [1.807, 2.05) is 13.2 Å². The van der Waals surface area contributed by atoms with Crippen molar-refractivity contribution >= 4 is 16.5 Å². The topological polar surface area (TPSA) is 37.0 Å². The number of anilines is 1. The number of nitrogens with one attached hydrogen (secondary N) is 2. The van der Waals surface area contributed by atoms with Crippen LogP contribution < -0.4 is 10.6 Å². The molecule has 1 heterocycles. The van der Waals surface area contributed by atoms with Crippen LogP contribution >= 0.6 is 11.3 Å². The van der Waals surface area contributed by atoms with Crippen molar-refractivity contribution in [3.8, 4) is 0 Å². The SMILES string of the molecule is CNc1ncc(CNC(C)C)s1. The van der Waals surface area contributed by atoms with E-state index in [4.69, 9.17) is 0 Å². The zero-order valence-corrected chi connectivity index (χ0v) is 8.53. The first-order valence-electron chi connectivity index (χ1n) is 4.08. The van der Waals surface area contributed by atoms with E-state index in [0.29, 0.717) is 6.04 Å². The summed E-state index contributed by atoms with van der Waals surface area (Å²) in [5.74, 6) is 0. The van der Waals surface area contributed by atoms with Crippen LogP contribution in [0.1, 0.15) is 18.7 Å². The molecule has 4 heteroatoms. The minimum atomic E-state index is 0.533. The van der Waals surface area contributed by atoms with Gasteiger partial charge in [0.25, 0.3) is 0 Å². The molecule has 0 radical (unpaired) electrons. The molecular formula is C8H15N3S. The fourth-order valence-corrected chi connectivity index (χ4v) is 1.53.